The maximum atomic E-state index is 6.00. The number of hydrogen-bond acceptors (Lipinski definition) is 5. The monoisotopic (exact) mass is 306 g/mol. The second kappa shape index (κ2) is 6.36. The zero-order valence-electron chi connectivity index (χ0n) is 12.9. The number of nitrogens with zero attached hydrogens (tertiary/aromatic N) is 2. The molecule has 0 amide bonds. The Morgan fingerprint density at radius 2 is 1.87 bits per heavy atom. The molecule has 4 N–H and O–H groups in total. The van der Waals surface area contributed by atoms with Crippen LogP contribution < -0.4 is 16.2 Å². The van der Waals surface area contributed by atoms with Gasteiger partial charge in [0.1, 0.15) is 5.82 Å². The van der Waals surface area contributed by atoms with Crippen LogP contribution in [0.4, 0.5) is 11.5 Å². The molecule has 5 heteroatoms. The van der Waals surface area contributed by atoms with E-state index in [2.05, 4.69) is 28.2 Å². The highest BCUT2D eigenvalue weighted by Gasteiger charge is 2.06. The molecule has 0 aliphatic rings. The summed E-state index contributed by atoms with van der Waals surface area (Å²) in [6.07, 6.45) is 4.19. The van der Waals surface area contributed by atoms with Crippen molar-refractivity contribution in [2.45, 2.75) is 6.42 Å². The topological polar surface area (TPSA) is 87.0 Å². The summed E-state index contributed by atoms with van der Waals surface area (Å²) in [7, 11) is 1.60. The third-order valence-electron chi connectivity index (χ3n) is 3.71. The van der Waals surface area contributed by atoms with Crippen LogP contribution in [0.5, 0.6) is 5.88 Å². The highest BCUT2D eigenvalue weighted by atomic mass is 16.5. The number of ether oxygens (including phenoxy) is 1. The van der Waals surface area contributed by atoms with E-state index in [0.29, 0.717) is 23.8 Å². The highest BCUT2D eigenvalue weighted by molar-refractivity contribution is 5.66. The highest BCUT2D eigenvalue weighted by Crippen LogP contribution is 2.24. The minimum absolute atomic E-state index is 0.373. The molecule has 23 heavy (non-hydrogen) atoms. The van der Waals surface area contributed by atoms with Crippen LogP contribution >= 0.6 is 0 Å². The van der Waals surface area contributed by atoms with Gasteiger partial charge in [-0.2, -0.15) is 0 Å². The van der Waals surface area contributed by atoms with Crippen molar-refractivity contribution in [3.05, 3.63) is 66.0 Å². The molecule has 0 unspecified atom stereocenters. The number of rotatable bonds is 4. The van der Waals surface area contributed by atoms with Crippen molar-refractivity contribution in [2.24, 2.45) is 0 Å². The molecule has 0 radical (unpaired) electrons. The molecule has 0 spiro atoms. The first-order valence-electron chi connectivity index (χ1n) is 7.25. The summed E-state index contributed by atoms with van der Waals surface area (Å²) < 4.78 is 5.09. The van der Waals surface area contributed by atoms with Crippen molar-refractivity contribution in [1.29, 1.82) is 0 Å². The van der Waals surface area contributed by atoms with E-state index in [4.69, 9.17) is 16.2 Å². The van der Waals surface area contributed by atoms with Gasteiger partial charge in [0.2, 0.25) is 5.88 Å². The molecule has 0 bridgehead atoms. The van der Waals surface area contributed by atoms with Gasteiger partial charge >= 0.3 is 0 Å². The average Bonchev–Trinajstić information content (AvgIpc) is 2.59. The van der Waals surface area contributed by atoms with Crippen molar-refractivity contribution in [1.82, 2.24) is 9.97 Å². The predicted molar refractivity (Wildman–Crippen MR) is 92.1 cm³/mol. The van der Waals surface area contributed by atoms with Crippen LogP contribution in [-0.2, 0) is 6.42 Å². The number of benzene rings is 1. The van der Waals surface area contributed by atoms with Gasteiger partial charge in [-0.15, -0.1) is 0 Å². The molecule has 0 aliphatic carbocycles. The molecule has 116 valence electrons. The molecule has 0 saturated heterocycles. The Morgan fingerprint density at radius 3 is 2.61 bits per heavy atom. The lowest BCUT2D eigenvalue weighted by Crippen LogP contribution is -2.02. The second-order valence-corrected chi connectivity index (χ2v) is 5.24. The summed E-state index contributed by atoms with van der Waals surface area (Å²) in [6, 6.07) is 14.0. The fourth-order valence-corrected chi connectivity index (χ4v) is 2.44. The van der Waals surface area contributed by atoms with Crippen LogP contribution in [0.1, 0.15) is 11.1 Å². The average molecular weight is 306 g/mol. The van der Waals surface area contributed by atoms with E-state index in [1.54, 1.807) is 19.5 Å². The minimum Gasteiger partial charge on any atom is -0.481 e. The summed E-state index contributed by atoms with van der Waals surface area (Å²) in [5.41, 5.74) is 16.6. The molecule has 5 nitrogen and oxygen atoms in total. The van der Waals surface area contributed by atoms with E-state index in [0.717, 1.165) is 22.3 Å². The van der Waals surface area contributed by atoms with Crippen LogP contribution in [0.15, 0.2) is 54.9 Å². The smallest absolute Gasteiger partial charge is 0.212 e. The summed E-state index contributed by atoms with van der Waals surface area (Å²) >= 11 is 0. The number of aromatic nitrogens is 2. The SMILES string of the molecule is COc1ccc(-c2cccc(Cc3ccnc(N)c3N)c2)cn1. The van der Waals surface area contributed by atoms with E-state index in [1.807, 2.05) is 24.3 Å². The Balaban J connectivity index is 1.88. The largest absolute Gasteiger partial charge is 0.481 e. The fraction of sp³-hybridized carbons (Fsp3) is 0.111. The van der Waals surface area contributed by atoms with E-state index >= 15 is 0 Å². The van der Waals surface area contributed by atoms with E-state index in [1.165, 1.54) is 0 Å². The quantitative estimate of drug-likeness (QED) is 0.774. The van der Waals surface area contributed by atoms with Gasteiger partial charge in [0.05, 0.1) is 12.8 Å². The predicted octanol–water partition coefficient (Wildman–Crippen LogP) is 2.91. The summed E-state index contributed by atoms with van der Waals surface area (Å²) in [4.78, 5) is 8.24. The van der Waals surface area contributed by atoms with Gasteiger partial charge in [-0.25, -0.2) is 9.97 Å². The van der Waals surface area contributed by atoms with Crippen LogP contribution in [-0.4, -0.2) is 17.1 Å². The Labute approximate surface area is 135 Å². The van der Waals surface area contributed by atoms with E-state index < -0.39 is 0 Å². The summed E-state index contributed by atoms with van der Waals surface area (Å²) in [5.74, 6) is 0.975. The number of nitrogens with two attached hydrogens (primary N) is 2. The van der Waals surface area contributed by atoms with Crippen LogP contribution in [0, 0.1) is 0 Å². The molecule has 0 atom stereocenters. The number of pyridine rings is 2. The van der Waals surface area contributed by atoms with Crippen molar-refractivity contribution >= 4 is 11.5 Å². The molecular weight excluding hydrogens is 288 g/mol. The number of methoxy groups -OCH3 is 1. The third kappa shape index (κ3) is 3.23. The van der Waals surface area contributed by atoms with Gasteiger partial charge in [0.25, 0.3) is 0 Å². The maximum absolute atomic E-state index is 6.00. The maximum Gasteiger partial charge on any atom is 0.212 e. The first kappa shape index (κ1) is 14.8. The molecule has 0 saturated carbocycles. The van der Waals surface area contributed by atoms with Crippen molar-refractivity contribution < 1.29 is 4.74 Å². The molecule has 2 aromatic heterocycles. The van der Waals surface area contributed by atoms with Crippen molar-refractivity contribution in [3.63, 3.8) is 0 Å². The number of hydrogen-bond donors (Lipinski definition) is 2. The lowest BCUT2D eigenvalue weighted by molar-refractivity contribution is 0.398. The molecule has 2 heterocycles. The zero-order valence-corrected chi connectivity index (χ0v) is 12.9. The van der Waals surface area contributed by atoms with Crippen LogP contribution in [0.25, 0.3) is 11.1 Å². The normalized spacial score (nSPS) is 10.5. The molecule has 3 rings (SSSR count). The molecule has 3 aromatic rings. The summed E-state index contributed by atoms with van der Waals surface area (Å²) in [5, 5.41) is 0. The second-order valence-electron chi connectivity index (χ2n) is 5.24. The fourth-order valence-electron chi connectivity index (χ4n) is 2.44. The van der Waals surface area contributed by atoms with Gasteiger partial charge in [-0.1, -0.05) is 24.3 Å². The lowest BCUT2D eigenvalue weighted by atomic mass is 10.00. The molecule has 0 aliphatic heterocycles. The lowest BCUT2D eigenvalue weighted by Gasteiger charge is -2.09. The molecule has 0 fully saturated rings. The first-order chi connectivity index (χ1) is 11.2. The Bertz CT molecular complexity index is 816. The summed E-state index contributed by atoms with van der Waals surface area (Å²) in [6.45, 7) is 0. The van der Waals surface area contributed by atoms with Gasteiger partial charge in [-0.05, 0) is 35.2 Å². The van der Waals surface area contributed by atoms with E-state index in [-0.39, 0.29) is 0 Å². The minimum atomic E-state index is 0.373. The van der Waals surface area contributed by atoms with Crippen molar-refractivity contribution in [3.8, 4) is 17.0 Å². The van der Waals surface area contributed by atoms with Crippen LogP contribution in [0.3, 0.4) is 0 Å². The molecule has 1 aromatic carbocycles. The Morgan fingerprint density at radius 1 is 1.00 bits per heavy atom. The van der Waals surface area contributed by atoms with Crippen LogP contribution in [0.2, 0.25) is 0 Å². The zero-order chi connectivity index (χ0) is 16.2. The number of nitrogen functional groups attached to an aromatic ring is 2. The number of anilines is 2. The van der Waals surface area contributed by atoms with E-state index in [9.17, 15) is 0 Å². The Kier molecular flexibility index (Phi) is 4.10. The Hall–Kier alpha value is -3.08. The first-order valence-corrected chi connectivity index (χ1v) is 7.25. The molecular formula is C18H18N4O. The van der Waals surface area contributed by atoms with Gasteiger partial charge in [0, 0.05) is 24.0 Å². The third-order valence-corrected chi connectivity index (χ3v) is 3.71. The standard InChI is InChI=1S/C18H18N4O/c1-23-16-6-5-15(11-22-16)13-4-2-3-12(9-13)10-14-7-8-21-18(20)17(14)19/h2-9,11H,10,19H2,1H3,(H2,20,21). The van der Waals surface area contributed by atoms with Gasteiger partial charge in [-0.3, -0.25) is 0 Å². The van der Waals surface area contributed by atoms with Gasteiger partial charge in [0.15, 0.2) is 0 Å². The van der Waals surface area contributed by atoms with Gasteiger partial charge < -0.3 is 16.2 Å². The van der Waals surface area contributed by atoms with Crippen molar-refractivity contribution in [2.75, 3.05) is 18.6 Å².